The van der Waals surface area contributed by atoms with E-state index >= 15 is 0 Å². The van der Waals surface area contributed by atoms with Crippen LogP contribution in [-0.4, -0.2) is 0 Å². The third kappa shape index (κ3) is 4.22. The van der Waals surface area contributed by atoms with Crippen molar-refractivity contribution in [2.24, 2.45) is 0 Å². The molecule has 0 aliphatic rings. The fraction of sp³-hybridized carbons (Fsp3) is 0.111. The SMILES string of the molecule is C=C/C(=C\C)c1cc(Br)cc(/C(C=C)=C/C=C\C)c1. The lowest BCUT2D eigenvalue weighted by Crippen LogP contribution is -1.87. The van der Waals surface area contributed by atoms with Gasteiger partial charge in [0.05, 0.1) is 0 Å². The zero-order valence-electron chi connectivity index (χ0n) is 11.5. The average molecular weight is 315 g/mol. The second-order valence-corrected chi connectivity index (χ2v) is 4.94. The largest absolute Gasteiger partial charge is 0.0985 e. The summed E-state index contributed by atoms with van der Waals surface area (Å²) in [6.45, 7) is 11.7. The van der Waals surface area contributed by atoms with Gasteiger partial charge in [-0.05, 0) is 54.3 Å². The number of hydrogen-bond donors (Lipinski definition) is 0. The maximum absolute atomic E-state index is 3.88. The van der Waals surface area contributed by atoms with Gasteiger partial charge in [0.15, 0.2) is 0 Å². The minimum Gasteiger partial charge on any atom is -0.0985 e. The molecule has 1 aromatic rings. The number of allylic oxidation sites excluding steroid dienone is 8. The second kappa shape index (κ2) is 7.75. The molecule has 0 spiro atoms. The minimum atomic E-state index is 1.05. The molecule has 0 aliphatic heterocycles. The molecule has 98 valence electrons. The summed E-state index contributed by atoms with van der Waals surface area (Å²) in [5.41, 5.74) is 4.51. The quantitative estimate of drug-likeness (QED) is 0.569. The van der Waals surface area contributed by atoms with Crippen molar-refractivity contribution in [2.45, 2.75) is 13.8 Å². The first kappa shape index (κ1) is 15.5. The molecule has 0 bridgehead atoms. The molecule has 0 aromatic heterocycles. The Hall–Kier alpha value is -1.60. The van der Waals surface area contributed by atoms with Gasteiger partial charge in [-0.25, -0.2) is 0 Å². The van der Waals surface area contributed by atoms with E-state index in [1.807, 2.05) is 38.2 Å². The molecule has 0 amide bonds. The van der Waals surface area contributed by atoms with Crippen LogP contribution in [0.3, 0.4) is 0 Å². The average Bonchev–Trinajstić information content (AvgIpc) is 2.40. The molecule has 0 radical (unpaired) electrons. The van der Waals surface area contributed by atoms with E-state index in [1.54, 1.807) is 0 Å². The molecule has 0 saturated heterocycles. The molecule has 0 N–H and O–H groups in total. The van der Waals surface area contributed by atoms with E-state index < -0.39 is 0 Å². The van der Waals surface area contributed by atoms with E-state index in [9.17, 15) is 0 Å². The normalized spacial score (nSPS) is 12.8. The molecule has 19 heavy (non-hydrogen) atoms. The Bertz CT molecular complexity index is 557. The summed E-state index contributed by atoms with van der Waals surface area (Å²) in [6, 6.07) is 6.34. The van der Waals surface area contributed by atoms with Gasteiger partial charge in [-0.3, -0.25) is 0 Å². The first-order valence-corrected chi connectivity index (χ1v) is 7.01. The van der Waals surface area contributed by atoms with Gasteiger partial charge in [0.1, 0.15) is 0 Å². The summed E-state index contributed by atoms with van der Waals surface area (Å²) in [4.78, 5) is 0. The van der Waals surface area contributed by atoms with E-state index in [4.69, 9.17) is 0 Å². The topological polar surface area (TPSA) is 0 Å². The highest BCUT2D eigenvalue weighted by Gasteiger charge is 2.04. The maximum atomic E-state index is 3.88. The van der Waals surface area contributed by atoms with E-state index in [0.29, 0.717) is 0 Å². The van der Waals surface area contributed by atoms with Gasteiger partial charge in [-0.15, -0.1) is 0 Å². The predicted octanol–water partition coefficient (Wildman–Crippen LogP) is 6.18. The number of hydrogen-bond acceptors (Lipinski definition) is 0. The summed E-state index contributed by atoms with van der Waals surface area (Å²) >= 11 is 3.56. The van der Waals surface area contributed by atoms with Crippen molar-refractivity contribution in [3.63, 3.8) is 0 Å². The Kier molecular flexibility index (Phi) is 6.31. The number of rotatable bonds is 5. The third-order valence-corrected chi connectivity index (χ3v) is 3.24. The van der Waals surface area contributed by atoms with E-state index in [0.717, 1.165) is 26.7 Å². The van der Waals surface area contributed by atoms with Crippen molar-refractivity contribution in [2.75, 3.05) is 0 Å². The van der Waals surface area contributed by atoms with Gasteiger partial charge in [0.25, 0.3) is 0 Å². The van der Waals surface area contributed by atoms with Crippen LogP contribution in [0.4, 0.5) is 0 Å². The number of benzene rings is 1. The van der Waals surface area contributed by atoms with Gasteiger partial charge in [-0.2, -0.15) is 0 Å². The van der Waals surface area contributed by atoms with Crippen molar-refractivity contribution in [1.82, 2.24) is 0 Å². The maximum Gasteiger partial charge on any atom is 0.0187 e. The predicted molar refractivity (Wildman–Crippen MR) is 91.0 cm³/mol. The summed E-state index contributed by atoms with van der Waals surface area (Å²) in [6.07, 6.45) is 11.9. The van der Waals surface area contributed by atoms with E-state index in [1.165, 1.54) is 0 Å². The van der Waals surface area contributed by atoms with Crippen molar-refractivity contribution in [1.29, 1.82) is 0 Å². The summed E-state index contributed by atoms with van der Waals surface area (Å²) in [7, 11) is 0. The van der Waals surface area contributed by atoms with Crippen LogP contribution >= 0.6 is 15.9 Å². The van der Waals surface area contributed by atoms with Crippen LogP contribution < -0.4 is 0 Å². The highest BCUT2D eigenvalue weighted by Crippen LogP contribution is 2.27. The molecular formula is C18H19Br. The van der Waals surface area contributed by atoms with Crippen LogP contribution in [0.1, 0.15) is 25.0 Å². The third-order valence-electron chi connectivity index (χ3n) is 2.78. The standard InChI is InChI=1S/C18H19Br/c1-5-9-10-15(8-4)17-11-16(12-18(19)13-17)14(6-2)7-3/h5-13H,2,4H2,1,3H3/b9-5-,14-7+,15-10+. The fourth-order valence-electron chi connectivity index (χ4n) is 1.81. The minimum absolute atomic E-state index is 1.05. The lowest BCUT2D eigenvalue weighted by molar-refractivity contribution is 1.52. The highest BCUT2D eigenvalue weighted by molar-refractivity contribution is 9.10. The van der Waals surface area contributed by atoms with Gasteiger partial charge in [0, 0.05) is 4.47 Å². The second-order valence-electron chi connectivity index (χ2n) is 4.03. The van der Waals surface area contributed by atoms with Crippen LogP contribution in [0.25, 0.3) is 11.1 Å². The van der Waals surface area contributed by atoms with Crippen LogP contribution in [0.5, 0.6) is 0 Å². The van der Waals surface area contributed by atoms with Crippen molar-refractivity contribution < 1.29 is 0 Å². The van der Waals surface area contributed by atoms with Crippen molar-refractivity contribution in [3.05, 3.63) is 83.4 Å². The van der Waals surface area contributed by atoms with Gasteiger partial charge >= 0.3 is 0 Å². The molecule has 0 aliphatic carbocycles. The Morgan fingerprint density at radius 1 is 1.00 bits per heavy atom. The first-order valence-electron chi connectivity index (χ1n) is 6.21. The lowest BCUT2D eigenvalue weighted by atomic mass is 9.98. The molecule has 0 unspecified atom stereocenters. The summed E-state index contributed by atoms with van der Waals surface area (Å²) in [5, 5.41) is 0. The molecule has 0 nitrogen and oxygen atoms in total. The monoisotopic (exact) mass is 314 g/mol. The van der Waals surface area contributed by atoms with Crippen molar-refractivity contribution in [3.8, 4) is 0 Å². The Labute approximate surface area is 124 Å². The Morgan fingerprint density at radius 2 is 1.58 bits per heavy atom. The molecule has 1 heteroatoms. The van der Waals surface area contributed by atoms with Gasteiger partial charge in [-0.1, -0.05) is 65.5 Å². The molecule has 0 fully saturated rings. The van der Waals surface area contributed by atoms with E-state index in [2.05, 4.69) is 59.4 Å². The molecular weight excluding hydrogens is 296 g/mol. The van der Waals surface area contributed by atoms with Gasteiger partial charge in [0.2, 0.25) is 0 Å². The lowest BCUT2D eigenvalue weighted by Gasteiger charge is -2.08. The smallest absolute Gasteiger partial charge is 0.0187 e. The van der Waals surface area contributed by atoms with E-state index in [-0.39, 0.29) is 0 Å². The van der Waals surface area contributed by atoms with Gasteiger partial charge < -0.3 is 0 Å². The Balaban J connectivity index is 3.37. The zero-order valence-corrected chi connectivity index (χ0v) is 13.1. The fourth-order valence-corrected chi connectivity index (χ4v) is 2.30. The van der Waals surface area contributed by atoms with Crippen molar-refractivity contribution >= 4 is 27.1 Å². The summed E-state index contributed by atoms with van der Waals surface area (Å²) in [5.74, 6) is 0. The summed E-state index contributed by atoms with van der Waals surface area (Å²) < 4.78 is 1.05. The van der Waals surface area contributed by atoms with Crippen LogP contribution in [0.2, 0.25) is 0 Å². The molecule has 0 atom stereocenters. The molecule has 0 saturated carbocycles. The Morgan fingerprint density at radius 3 is 2.05 bits per heavy atom. The molecule has 1 aromatic carbocycles. The molecule has 1 rings (SSSR count). The first-order chi connectivity index (χ1) is 9.15. The van der Waals surface area contributed by atoms with Crippen LogP contribution in [-0.2, 0) is 0 Å². The van der Waals surface area contributed by atoms with Crippen LogP contribution in [0, 0.1) is 0 Å². The zero-order chi connectivity index (χ0) is 14.3. The highest BCUT2D eigenvalue weighted by atomic mass is 79.9. The number of halogens is 1. The van der Waals surface area contributed by atoms with Crippen LogP contribution in [0.15, 0.2) is 72.3 Å². The molecule has 0 heterocycles.